The number of hydrogen-bond acceptors (Lipinski definition) is 2. The molecule has 2 aromatic rings. The summed E-state index contributed by atoms with van der Waals surface area (Å²) in [7, 11) is 5.82. The number of nitrogens with zero attached hydrogens (tertiary/aromatic N) is 2. The molecule has 0 aliphatic carbocycles. The number of rotatable bonds is 5. The van der Waals surface area contributed by atoms with Gasteiger partial charge in [-0.1, -0.05) is 26.0 Å². The van der Waals surface area contributed by atoms with E-state index in [2.05, 4.69) is 26.0 Å². The molecule has 0 saturated carbocycles. The maximum atomic E-state index is 12.6. The monoisotopic (exact) mass is 310 g/mol. The van der Waals surface area contributed by atoms with E-state index in [0.29, 0.717) is 5.92 Å². The number of hydrogen-bond donors (Lipinski definition) is 0. The largest absolute Gasteiger partial charge is 0.378 e. The Bertz CT molecular complexity index is 642. The van der Waals surface area contributed by atoms with Crippen LogP contribution in [0.4, 0.5) is 11.4 Å². The van der Waals surface area contributed by atoms with Gasteiger partial charge in [0.1, 0.15) is 0 Å². The minimum atomic E-state index is 0.0127. The molecule has 0 N–H and O–H groups in total. The average molecular weight is 310 g/mol. The number of carbonyl (C=O) groups excluding carboxylic acids is 1. The Hall–Kier alpha value is -2.29. The molecule has 0 heterocycles. The molecule has 0 spiro atoms. The van der Waals surface area contributed by atoms with E-state index in [4.69, 9.17) is 0 Å². The Morgan fingerprint density at radius 2 is 1.39 bits per heavy atom. The van der Waals surface area contributed by atoms with E-state index in [0.717, 1.165) is 23.4 Å². The smallest absolute Gasteiger partial charge is 0.258 e. The lowest BCUT2D eigenvalue weighted by Crippen LogP contribution is -2.26. The van der Waals surface area contributed by atoms with Crippen molar-refractivity contribution in [3.63, 3.8) is 0 Å². The van der Waals surface area contributed by atoms with Gasteiger partial charge in [-0.2, -0.15) is 0 Å². The van der Waals surface area contributed by atoms with Gasteiger partial charge in [0.2, 0.25) is 0 Å². The maximum Gasteiger partial charge on any atom is 0.258 e. The highest BCUT2D eigenvalue weighted by molar-refractivity contribution is 6.05. The van der Waals surface area contributed by atoms with Gasteiger partial charge in [-0.25, -0.2) is 0 Å². The van der Waals surface area contributed by atoms with Crippen molar-refractivity contribution in [1.82, 2.24) is 0 Å². The standard InChI is InChI=1S/C20H26N2O/c1-15(2)14-16-6-8-17(9-7-16)20(23)22(5)19-12-10-18(11-13-19)21(3)4/h6-13,15H,14H2,1-5H3. The first-order valence-electron chi connectivity index (χ1n) is 8.03. The summed E-state index contributed by atoms with van der Waals surface area (Å²) in [4.78, 5) is 16.3. The molecule has 2 rings (SSSR count). The van der Waals surface area contributed by atoms with Crippen molar-refractivity contribution in [1.29, 1.82) is 0 Å². The predicted octanol–water partition coefficient (Wildman–Crippen LogP) is 4.23. The third-order valence-electron chi connectivity index (χ3n) is 3.90. The first-order valence-corrected chi connectivity index (χ1v) is 8.03. The van der Waals surface area contributed by atoms with E-state index in [-0.39, 0.29) is 5.91 Å². The first kappa shape index (κ1) is 17.1. The van der Waals surface area contributed by atoms with Gasteiger partial charge in [-0.15, -0.1) is 0 Å². The highest BCUT2D eigenvalue weighted by atomic mass is 16.2. The summed E-state index contributed by atoms with van der Waals surface area (Å²) in [5.41, 5.74) is 4.01. The van der Waals surface area contributed by atoms with Gasteiger partial charge in [0, 0.05) is 38.1 Å². The molecule has 0 atom stereocenters. The van der Waals surface area contributed by atoms with Crippen LogP contribution in [-0.2, 0) is 6.42 Å². The highest BCUT2D eigenvalue weighted by Gasteiger charge is 2.13. The van der Waals surface area contributed by atoms with Gasteiger partial charge in [-0.05, 0) is 54.3 Å². The quantitative estimate of drug-likeness (QED) is 0.825. The summed E-state index contributed by atoms with van der Waals surface area (Å²) >= 11 is 0. The van der Waals surface area contributed by atoms with Gasteiger partial charge >= 0.3 is 0 Å². The molecule has 23 heavy (non-hydrogen) atoms. The summed E-state index contributed by atoms with van der Waals surface area (Å²) in [6.07, 6.45) is 1.04. The molecule has 0 unspecified atom stereocenters. The first-order chi connectivity index (χ1) is 10.9. The third-order valence-corrected chi connectivity index (χ3v) is 3.90. The van der Waals surface area contributed by atoms with Gasteiger partial charge in [0.25, 0.3) is 5.91 Å². The molecule has 0 aliphatic rings. The van der Waals surface area contributed by atoms with Crippen LogP contribution in [0.1, 0.15) is 29.8 Å². The van der Waals surface area contributed by atoms with E-state index in [1.807, 2.05) is 62.4 Å². The number of carbonyl (C=O) groups is 1. The number of amides is 1. The molecule has 3 heteroatoms. The fourth-order valence-electron chi connectivity index (χ4n) is 2.54. The van der Waals surface area contributed by atoms with Crippen LogP contribution in [0.15, 0.2) is 48.5 Å². The van der Waals surface area contributed by atoms with Crippen molar-refractivity contribution in [2.45, 2.75) is 20.3 Å². The van der Waals surface area contributed by atoms with Crippen LogP contribution in [0, 0.1) is 5.92 Å². The Morgan fingerprint density at radius 1 is 0.870 bits per heavy atom. The normalized spacial score (nSPS) is 10.7. The van der Waals surface area contributed by atoms with Crippen LogP contribution in [-0.4, -0.2) is 27.1 Å². The van der Waals surface area contributed by atoms with Crippen molar-refractivity contribution in [2.75, 3.05) is 30.9 Å². The van der Waals surface area contributed by atoms with E-state index < -0.39 is 0 Å². The van der Waals surface area contributed by atoms with E-state index in [9.17, 15) is 4.79 Å². The molecular formula is C20H26N2O. The Kier molecular flexibility index (Phi) is 5.43. The molecule has 2 aromatic carbocycles. The predicted molar refractivity (Wildman–Crippen MR) is 98.5 cm³/mol. The lowest BCUT2D eigenvalue weighted by atomic mass is 10.0. The van der Waals surface area contributed by atoms with E-state index in [1.54, 1.807) is 4.90 Å². The molecular weight excluding hydrogens is 284 g/mol. The van der Waals surface area contributed by atoms with Crippen LogP contribution in [0.5, 0.6) is 0 Å². The zero-order chi connectivity index (χ0) is 17.0. The highest BCUT2D eigenvalue weighted by Crippen LogP contribution is 2.20. The Balaban J connectivity index is 2.12. The van der Waals surface area contributed by atoms with Crippen LogP contribution in [0.3, 0.4) is 0 Å². The second-order valence-corrected chi connectivity index (χ2v) is 6.57. The van der Waals surface area contributed by atoms with Crippen LogP contribution >= 0.6 is 0 Å². The Morgan fingerprint density at radius 3 is 1.87 bits per heavy atom. The fraction of sp³-hybridized carbons (Fsp3) is 0.350. The lowest BCUT2D eigenvalue weighted by Gasteiger charge is -2.19. The summed E-state index contributed by atoms with van der Waals surface area (Å²) in [6.45, 7) is 4.40. The zero-order valence-corrected chi connectivity index (χ0v) is 14.7. The lowest BCUT2D eigenvalue weighted by molar-refractivity contribution is 0.0993. The van der Waals surface area contributed by atoms with Crippen molar-refractivity contribution in [3.05, 3.63) is 59.7 Å². The van der Waals surface area contributed by atoms with Crippen molar-refractivity contribution >= 4 is 17.3 Å². The van der Waals surface area contributed by atoms with Crippen molar-refractivity contribution in [3.8, 4) is 0 Å². The van der Waals surface area contributed by atoms with Gasteiger partial charge in [0.15, 0.2) is 0 Å². The second-order valence-electron chi connectivity index (χ2n) is 6.57. The van der Waals surface area contributed by atoms with Crippen molar-refractivity contribution in [2.24, 2.45) is 5.92 Å². The third kappa shape index (κ3) is 4.35. The summed E-state index contributed by atoms with van der Waals surface area (Å²) in [6, 6.07) is 15.9. The Labute approximate surface area is 139 Å². The molecule has 0 saturated heterocycles. The molecule has 0 bridgehead atoms. The summed E-state index contributed by atoms with van der Waals surface area (Å²) in [5, 5.41) is 0. The number of benzene rings is 2. The van der Waals surface area contributed by atoms with Crippen LogP contribution in [0.2, 0.25) is 0 Å². The van der Waals surface area contributed by atoms with E-state index in [1.165, 1.54) is 5.56 Å². The molecule has 0 aromatic heterocycles. The molecule has 0 radical (unpaired) electrons. The fourth-order valence-corrected chi connectivity index (χ4v) is 2.54. The molecule has 0 aliphatic heterocycles. The van der Waals surface area contributed by atoms with E-state index >= 15 is 0 Å². The maximum absolute atomic E-state index is 12.6. The zero-order valence-electron chi connectivity index (χ0n) is 14.7. The minimum Gasteiger partial charge on any atom is -0.378 e. The SMILES string of the molecule is CC(C)Cc1ccc(C(=O)N(C)c2ccc(N(C)C)cc2)cc1. The molecule has 1 amide bonds. The molecule has 122 valence electrons. The van der Waals surface area contributed by atoms with Gasteiger partial charge in [0.05, 0.1) is 0 Å². The van der Waals surface area contributed by atoms with Crippen LogP contribution < -0.4 is 9.80 Å². The molecule has 0 fully saturated rings. The van der Waals surface area contributed by atoms with Gasteiger partial charge in [-0.3, -0.25) is 4.79 Å². The molecule has 3 nitrogen and oxygen atoms in total. The number of anilines is 2. The summed E-state index contributed by atoms with van der Waals surface area (Å²) in [5.74, 6) is 0.633. The average Bonchev–Trinajstić information content (AvgIpc) is 2.53. The summed E-state index contributed by atoms with van der Waals surface area (Å²) < 4.78 is 0. The van der Waals surface area contributed by atoms with Crippen molar-refractivity contribution < 1.29 is 4.79 Å². The van der Waals surface area contributed by atoms with Crippen LogP contribution in [0.25, 0.3) is 0 Å². The topological polar surface area (TPSA) is 23.6 Å². The second kappa shape index (κ2) is 7.32. The van der Waals surface area contributed by atoms with Gasteiger partial charge < -0.3 is 9.80 Å². The minimum absolute atomic E-state index is 0.0127.